The van der Waals surface area contributed by atoms with Gasteiger partial charge in [-0.1, -0.05) is 6.07 Å². The molecular weight excluding hydrogens is 325 g/mol. The maximum atomic E-state index is 13.2. The minimum absolute atomic E-state index is 0.0805. The van der Waals surface area contributed by atoms with E-state index in [1.807, 2.05) is 0 Å². The van der Waals surface area contributed by atoms with Crippen LogP contribution in [0.2, 0.25) is 0 Å². The number of ether oxygens (including phenoxy) is 1. The lowest BCUT2D eigenvalue weighted by atomic mass is 10.1. The first-order valence-electron chi connectivity index (χ1n) is 7.80. The normalized spacial score (nSPS) is 29.8. The van der Waals surface area contributed by atoms with Gasteiger partial charge in [0.15, 0.2) is 0 Å². The molecule has 0 radical (unpaired) electrons. The first-order chi connectivity index (χ1) is 11.3. The summed E-state index contributed by atoms with van der Waals surface area (Å²) in [5.41, 5.74) is 0.143. The van der Waals surface area contributed by atoms with Crippen molar-refractivity contribution in [2.24, 2.45) is 0 Å². The van der Waals surface area contributed by atoms with E-state index in [1.54, 1.807) is 4.90 Å². The first kappa shape index (κ1) is 17.2. The quantitative estimate of drug-likeness (QED) is 0.856. The summed E-state index contributed by atoms with van der Waals surface area (Å²) < 4.78 is 45.0. The molecule has 132 valence electrons. The molecule has 2 N–H and O–H groups in total. The Morgan fingerprint density at radius 3 is 2.92 bits per heavy atom. The van der Waals surface area contributed by atoms with E-state index in [0.29, 0.717) is 0 Å². The van der Waals surface area contributed by atoms with Gasteiger partial charge < -0.3 is 15.2 Å². The SMILES string of the molecule is O=C(NC1COC(CN2CCC(F)(F)C2)C1O)c1cccc(F)c1. The number of hydrogen-bond acceptors (Lipinski definition) is 4. The van der Waals surface area contributed by atoms with Crippen LogP contribution in [0.25, 0.3) is 0 Å². The molecular formula is C16H19F3N2O3. The molecule has 2 aliphatic rings. The Morgan fingerprint density at radius 2 is 2.25 bits per heavy atom. The number of amides is 1. The average Bonchev–Trinajstić information content (AvgIpc) is 3.03. The minimum atomic E-state index is -2.70. The summed E-state index contributed by atoms with van der Waals surface area (Å²) in [5.74, 6) is -3.75. The van der Waals surface area contributed by atoms with Gasteiger partial charge in [-0.05, 0) is 18.2 Å². The third-order valence-corrected chi connectivity index (χ3v) is 4.37. The van der Waals surface area contributed by atoms with Crippen molar-refractivity contribution in [2.75, 3.05) is 26.2 Å². The highest BCUT2D eigenvalue weighted by atomic mass is 19.3. The molecule has 0 aromatic heterocycles. The molecule has 0 aliphatic carbocycles. The van der Waals surface area contributed by atoms with E-state index in [9.17, 15) is 23.1 Å². The number of benzene rings is 1. The lowest BCUT2D eigenvalue weighted by molar-refractivity contribution is -0.00731. The van der Waals surface area contributed by atoms with Gasteiger partial charge in [0.25, 0.3) is 11.8 Å². The smallest absolute Gasteiger partial charge is 0.261 e. The standard InChI is InChI=1S/C16H19F3N2O3/c17-11-3-1-2-10(6-11)15(23)20-12-8-24-13(14(12)22)7-21-5-4-16(18,19)9-21/h1-3,6,12-14,22H,4-5,7-9H2,(H,20,23). The molecule has 0 bridgehead atoms. The van der Waals surface area contributed by atoms with Crippen molar-refractivity contribution in [3.8, 4) is 0 Å². The Morgan fingerprint density at radius 1 is 1.46 bits per heavy atom. The maximum Gasteiger partial charge on any atom is 0.261 e. The predicted molar refractivity (Wildman–Crippen MR) is 79.4 cm³/mol. The second-order valence-electron chi connectivity index (χ2n) is 6.29. The topological polar surface area (TPSA) is 61.8 Å². The number of hydrogen-bond donors (Lipinski definition) is 2. The number of carbonyl (C=O) groups is 1. The molecule has 1 aromatic carbocycles. The molecule has 0 saturated carbocycles. The van der Waals surface area contributed by atoms with E-state index < -0.39 is 35.9 Å². The van der Waals surface area contributed by atoms with Crippen LogP contribution in [0.1, 0.15) is 16.8 Å². The van der Waals surface area contributed by atoms with Crippen molar-refractivity contribution >= 4 is 5.91 Å². The Labute approximate surface area is 137 Å². The number of nitrogens with zero attached hydrogens (tertiary/aromatic N) is 1. The number of likely N-dealkylation sites (tertiary alicyclic amines) is 1. The van der Waals surface area contributed by atoms with Gasteiger partial charge in [0.1, 0.15) is 11.9 Å². The molecule has 1 amide bonds. The van der Waals surface area contributed by atoms with Crippen LogP contribution in [0.3, 0.4) is 0 Å². The number of nitrogens with one attached hydrogen (secondary N) is 1. The average molecular weight is 344 g/mol. The number of aliphatic hydroxyl groups is 1. The second kappa shape index (κ2) is 6.70. The molecule has 8 heteroatoms. The van der Waals surface area contributed by atoms with Crippen molar-refractivity contribution in [3.63, 3.8) is 0 Å². The van der Waals surface area contributed by atoms with E-state index in [4.69, 9.17) is 4.74 Å². The highest BCUT2D eigenvalue weighted by Gasteiger charge is 2.42. The van der Waals surface area contributed by atoms with E-state index in [2.05, 4.69) is 5.32 Å². The van der Waals surface area contributed by atoms with E-state index in [-0.39, 0.29) is 38.2 Å². The summed E-state index contributed by atoms with van der Waals surface area (Å²) in [7, 11) is 0. The fourth-order valence-electron chi connectivity index (χ4n) is 3.07. The van der Waals surface area contributed by atoms with Crippen LogP contribution >= 0.6 is 0 Å². The lowest BCUT2D eigenvalue weighted by Gasteiger charge is -2.23. The molecule has 2 saturated heterocycles. The van der Waals surface area contributed by atoms with Gasteiger partial charge in [-0.25, -0.2) is 13.2 Å². The number of rotatable bonds is 4. The number of carbonyl (C=O) groups excluding carboxylic acids is 1. The Hall–Kier alpha value is -1.64. The van der Waals surface area contributed by atoms with Crippen molar-refractivity contribution in [1.82, 2.24) is 10.2 Å². The Kier molecular flexibility index (Phi) is 4.80. The summed E-state index contributed by atoms with van der Waals surface area (Å²) in [6.07, 6.45) is -1.84. The Balaban J connectivity index is 1.54. The summed E-state index contributed by atoms with van der Waals surface area (Å²) in [4.78, 5) is 13.6. The molecule has 0 spiro atoms. The third-order valence-electron chi connectivity index (χ3n) is 4.37. The molecule has 3 unspecified atom stereocenters. The van der Waals surface area contributed by atoms with Crippen molar-refractivity contribution < 1.29 is 27.8 Å². The van der Waals surface area contributed by atoms with Crippen LogP contribution in [-0.4, -0.2) is 66.3 Å². The van der Waals surface area contributed by atoms with Crippen molar-refractivity contribution in [3.05, 3.63) is 35.6 Å². The largest absolute Gasteiger partial charge is 0.388 e. The molecule has 3 rings (SSSR count). The summed E-state index contributed by atoms with van der Waals surface area (Å²) in [6, 6.07) is 4.55. The first-order valence-corrected chi connectivity index (χ1v) is 7.80. The van der Waals surface area contributed by atoms with E-state index >= 15 is 0 Å². The minimum Gasteiger partial charge on any atom is -0.388 e. The van der Waals surface area contributed by atoms with Gasteiger partial charge in [0.05, 0.1) is 25.3 Å². The second-order valence-corrected chi connectivity index (χ2v) is 6.29. The summed E-state index contributed by atoms with van der Waals surface area (Å²) in [5, 5.41) is 12.9. The van der Waals surface area contributed by atoms with Crippen molar-refractivity contribution in [2.45, 2.75) is 30.6 Å². The molecule has 24 heavy (non-hydrogen) atoms. The van der Waals surface area contributed by atoms with Crippen LogP contribution in [0, 0.1) is 5.82 Å². The fraction of sp³-hybridized carbons (Fsp3) is 0.562. The third kappa shape index (κ3) is 3.88. The van der Waals surface area contributed by atoms with Gasteiger partial charge in [-0.15, -0.1) is 0 Å². The molecule has 1 aromatic rings. The number of aliphatic hydroxyl groups excluding tert-OH is 1. The number of alkyl halides is 2. The molecule has 5 nitrogen and oxygen atoms in total. The van der Waals surface area contributed by atoms with Gasteiger partial charge in [-0.3, -0.25) is 9.69 Å². The van der Waals surface area contributed by atoms with Crippen LogP contribution < -0.4 is 5.32 Å². The van der Waals surface area contributed by atoms with Gasteiger partial charge in [-0.2, -0.15) is 0 Å². The summed E-state index contributed by atoms with van der Waals surface area (Å²) in [6.45, 7) is 0.167. The van der Waals surface area contributed by atoms with Gasteiger partial charge >= 0.3 is 0 Å². The van der Waals surface area contributed by atoms with Crippen LogP contribution in [0.15, 0.2) is 24.3 Å². The fourth-order valence-corrected chi connectivity index (χ4v) is 3.07. The van der Waals surface area contributed by atoms with Crippen LogP contribution in [0.4, 0.5) is 13.2 Å². The predicted octanol–water partition coefficient (Wildman–Crippen LogP) is 1.02. The van der Waals surface area contributed by atoms with E-state index in [0.717, 1.165) is 6.07 Å². The number of halogens is 3. The molecule has 2 fully saturated rings. The monoisotopic (exact) mass is 344 g/mol. The van der Waals surface area contributed by atoms with Crippen LogP contribution in [0.5, 0.6) is 0 Å². The van der Waals surface area contributed by atoms with Gasteiger partial charge in [0, 0.05) is 25.1 Å². The van der Waals surface area contributed by atoms with E-state index in [1.165, 1.54) is 18.2 Å². The van der Waals surface area contributed by atoms with Crippen molar-refractivity contribution in [1.29, 1.82) is 0 Å². The Bertz CT molecular complexity index is 614. The zero-order valence-corrected chi connectivity index (χ0v) is 12.9. The lowest BCUT2D eigenvalue weighted by Crippen LogP contribution is -2.46. The highest BCUT2D eigenvalue weighted by molar-refractivity contribution is 5.94. The van der Waals surface area contributed by atoms with Crippen LogP contribution in [-0.2, 0) is 4.74 Å². The highest BCUT2D eigenvalue weighted by Crippen LogP contribution is 2.28. The zero-order chi connectivity index (χ0) is 17.3. The zero-order valence-electron chi connectivity index (χ0n) is 12.9. The van der Waals surface area contributed by atoms with Gasteiger partial charge in [0.2, 0.25) is 0 Å². The summed E-state index contributed by atoms with van der Waals surface area (Å²) >= 11 is 0. The molecule has 3 atom stereocenters. The molecule has 2 aliphatic heterocycles. The molecule has 2 heterocycles. The maximum absolute atomic E-state index is 13.2.